The summed E-state index contributed by atoms with van der Waals surface area (Å²) in [6.45, 7) is -1.22. The van der Waals surface area contributed by atoms with E-state index in [1.54, 1.807) is 0 Å². The summed E-state index contributed by atoms with van der Waals surface area (Å²) in [5.74, 6) is -0.730. The molecule has 1 nitrogen and oxygen atoms in total. The van der Waals surface area contributed by atoms with Crippen molar-refractivity contribution in [2.75, 3.05) is 18.5 Å². The molecule has 0 saturated heterocycles. The van der Waals surface area contributed by atoms with Crippen LogP contribution in [-0.2, 0) is 0 Å². The van der Waals surface area contributed by atoms with E-state index < -0.39 is 18.5 Å². The Balaban J connectivity index is 2.90. The third kappa shape index (κ3) is 3.58. The van der Waals surface area contributed by atoms with Gasteiger partial charge in [-0.05, 0) is 18.2 Å². The zero-order chi connectivity index (χ0) is 11.6. The molecule has 0 amide bonds. The smallest absolute Gasteiger partial charge is 0.363 e. The molecular formula is C9H8ClF4N. The topological polar surface area (TPSA) is 3.24 Å². The van der Waals surface area contributed by atoms with Crippen LogP contribution in [0.4, 0.5) is 23.2 Å². The second-order valence-corrected chi connectivity index (χ2v) is 3.50. The lowest BCUT2D eigenvalue weighted by Crippen LogP contribution is -2.31. The fraction of sp³-hybridized carbons (Fsp3) is 0.333. The fourth-order valence-corrected chi connectivity index (χ4v) is 1.30. The van der Waals surface area contributed by atoms with Crippen LogP contribution in [0.3, 0.4) is 0 Å². The number of alkyl halides is 3. The van der Waals surface area contributed by atoms with E-state index in [2.05, 4.69) is 0 Å². The standard InChI is InChI=1S/C9H8ClF4N/c1-15(5-9(12,13)14)8-4-6(10)2-3-7(8)11/h2-4H,5H2,1H3. The van der Waals surface area contributed by atoms with Crippen molar-refractivity contribution in [2.24, 2.45) is 0 Å². The van der Waals surface area contributed by atoms with E-state index in [-0.39, 0.29) is 10.7 Å². The molecule has 0 unspecified atom stereocenters. The van der Waals surface area contributed by atoms with E-state index in [0.717, 1.165) is 24.1 Å². The molecule has 0 N–H and O–H groups in total. The predicted octanol–water partition coefficient (Wildman–Crippen LogP) is 3.48. The number of hydrogen-bond acceptors (Lipinski definition) is 1. The lowest BCUT2D eigenvalue weighted by atomic mass is 10.3. The molecule has 0 aliphatic rings. The van der Waals surface area contributed by atoms with E-state index in [1.165, 1.54) is 6.07 Å². The zero-order valence-electron chi connectivity index (χ0n) is 7.78. The molecule has 0 fully saturated rings. The van der Waals surface area contributed by atoms with Crippen LogP contribution in [0.5, 0.6) is 0 Å². The quantitative estimate of drug-likeness (QED) is 0.717. The minimum Gasteiger partial charge on any atom is -0.363 e. The van der Waals surface area contributed by atoms with E-state index in [9.17, 15) is 17.6 Å². The van der Waals surface area contributed by atoms with Crippen molar-refractivity contribution in [2.45, 2.75) is 6.18 Å². The summed E-state index contributed by atoms with van der Waals surface area (Å²) in [6.07, 6.45) is -4.37. The Labute approximate surface area is 89.3 Å². The summed E-state index contributed by atoms with van der Waals surface area (Å²) < 4.78 is 49.2. The van der Waals surface area contributed by atoms with E-state index in [0.29, 0.717) is 0 Å². The summed E-state index contributed by atoms with van der Waals surface area (Å²) >= 11 is 5.56. The number of halogens is 5. The zero-order valence-corrected chi connectivity index (χ0v) is 8.53. The number of hydrogen-bond donors (Lipinski definition) is 0. The van der Waals surface area contributed by atoms with Crippen LogP contribution in [0, 0.1) is 5.82 Å². The molecule has 15 heavy (non-hydrogen) atoms. The number of anilines is 1. The first kappa shape index (κ1) is 12.1. The first-order valence-electron chi connectivity index (χ1n) is 4.02. The highest BCUT2D eigenvalue weighted by atomic mass is 35.5. The van der Waals surface area contributed by atoms with Gasteiger partial charge in [0, 0.05) is 12.1 Å². The van der Waals surface area contributed by atoms with Crippen molar-refractivity contribution < 1.29 is 17.6 Å². The number of benzene rings is 1. The van der Waals surface area contributed by atoms with Gasteiger partial charge in [0.05, 0.1) is 5.69 Å². The van der Waals surface area contributed by atoms with Gasteiger partial charge >= 0.3 is 6.18 Å². The second kappa shape index (κ2) is 4.26. The van der Waals surface area contributed by atoms with Crippen LogP contribution < -0.4 is 4.90 Å². The van der Waals surface area contributed by atoms with Gasteiger partial charge in [0.1, 0.15) is 12.4 Å². The Hall–Kier alpha value is -0.970. The molecule has 0 aliphatic carbocycles. The Kier molecular flexibility index (Phi) is 3.44. The van der Waals surface area contributed by atoms with E-state index >= 15 is 0 Å². The molecule has 6 heteroatoms. The van der Waals surface area contributed by atoms with Gasteiger partial charge in [-0.15, -0.1) is 0 Å². The summed E-state index contributed by atoms with van der Waals surface area (Å²) in [5, 5.41) is 0.195. The fourth-order valence-electron chi connectivity index (χ4n) is 1.13. The van der Waals surface area contributed by atoms with Gasteiger partial charge in [-0.25, -0.2) is 4.39 Å². The molecule has 84 valence electrons. The maximum absolute atomic E-state index is 13.1. The molecule has 0 heterocycles. The van der Waals surface area contributed by atoms with Crippen molar-refractivity contribution in [3.63, 3.8) is 0 Å². The molecule has 0 aromatic heterocycles. The molecule has 0 aliphatic heterocycles. The van der Waals surface area contributed by atoms with Gasteiger partial charge in [-0.2, -0.15) is 13.2 Å². The molecular weight excluding hydrogens is 234 g/mol. The van der Waals surface area contributed by atoms with Crippen LogP contribution in [0.2, 0.25) is 5.02 Å². The number of rotatable bonds is 2. The molecule has 0 bridgehead atoms. The molecule has 0 atom stereocenters. The third-order valence-corrected chi connectivity index (χ3v) is 1.97. The van der Waals surface area contributed by atoms with Crippen molar-refractivity contribution in [3.8, 4) is 0 Å². The van der Waals surface area contributed by atoms with Crippen molar-refractivity contribution in [1.29, 1.82) is 0 Å². The summed E-state index contributed by atoms with van der Waals surface area (Å²) in [5.41, 5.74) is -0.167. The molecule has 0 saturated carbocycles. The first-order chi connectivity index (χ1) is 6.79. The van der Waals surface area contributed by atoms with Crippen molar-refractivity contribution in [1.82, 2.24) is 0 Å². The Morgan fingerprint density at radius 1 is 1.33 bits per heavy atom. The minimum absolute atomic E-state index is 0.167. The van der Waals surface area contributed by atoms with Gasteiger partial charge in [0.15, 0.2) is 0 Å². The van der Waals surface area contributed by atoms with E-state index in [1.807, 2.05) is 0 Å². The van der Waals surface area contributed by atoms with Crippen LogP contribution in [0.25, 0.3) is 0 Å². The van der Waals surface area contributed by atoms with Crippen LogP contribution in [-0.4, -0.2) is 19.8 Å². The molecule has 0 radical (unpaired) electrons. The predicted molar refractivity (Wildman–Crippen MR) is 50.7 cm³/mol. The van der Waals surface area contributed by atoms with E-state index in [4.69, 9.17) is 11.6 Å². The normalized spacial score (nSPS) is 11.6. The average molecular weight is 242 g/mol. The lowest BCUT2D eigenvalue weighted by molar-refractivity contribution is -0.119. The second-order valence-electron chi connectivity index (χ2n) is 3.07. The van der Waals surface area contributed by atoms with Crippen molar-refractivity contribution >= 4 is 17.3 Å². The molecule has 1 aromatic rings. The largest absolute Gasteiger partial charge is 0.405 e. The van der Waals surface area contributed by atoms with Gasteiger partial charge in [0.25, 0.3) is 0 Å². The summed E-state index contributed by atoms with van der Waals surface area (Å²) in [6, 6.07) is 3.47. The van der Waals surface area contributed by atoms with Gasteiger partial charge in [-0.3, -0.25) is 0 Å². The average Bonchev–Trinajstić information content (AvgIpc) is 2.06. The van der Waals surface area contributed by atoms with Gasteiger partial charge in [-0.1, -0.05) is 11.6 Å². The highest BCUT2D eigenvalue weighted by molar-refractivity contribution is 6.30. The van der Waals surface area contributed by atoms with Crippen LogP contribution >= 0.6 is 11.6 Å². The Morgan fingerprint density at radius 3 is 2.47 bits per heavy atom. The first-order valence-corrected chi connectivity index (χ1v) is 4.40. The monoisotopic (exact) mass is 241 g/mol. The SMILES string of the molecule is CN(CC(F)(F)F)c1cc(Cl)ccc1F. The van der Waals surface area contributed by atoms with Crippen LogP contribution in [0.15, 0.2) is 18.2 Å². The lowest BCUT2D eigenvalue weighted by Gasteiger charge is -2.21. The van der Waals surface area contributed by atoms with Gasteiger partial charge < -0.3 is 4.90 Å². The van der Waals surface area contributed by atoms with Gasteiger partial charge in [0.2, 0.25) is 0 Å². The summed E-state index contributed by atoms with van der Waals surface area (Å²) in [4.78, 5) is 0.765. The highest BCUT2D eigenvalue weighted by Crippen LogP contribution is 2.25. The van der Waals surface area contributed by atoms with Crippen molar-refractivity contribution in [3.05, 3.63) is 29.0 Å². The van der Waals surface area contributed by atoms with Crippen LogP contribution in [0.1, 0.15) is 0 Å². The highest BCUT2D eigenvalue weighted by Gasteiger charge is 2.30. The Morgan fingerprint density at radius 2 is 1.93 bits per heavy atom. The molecule has 1 rings (SSSR count). The Bertz CT molecular complexity index is 350. The molecule has 0 spiro atoms. The minimum atomic E-state index is -4.37. The maximum Gasteiger partial charge on any atom is 0.405 e. The maximum atomic E-state index is 13.1. The molecule has 1 aromatic carbocycles. The third-order valence-electron chi connectivity index (χ3n) is 1.74. The summed E-state index contributed by atoms with van der Waals surface area (Å²) in [7, 11) is 1.15. The number of nitrogens with zero attached hydrogens (tertiary/aromatic N) is 1.